The van der Waals surface area contributed by atoms with Gasteiger partial charge in [0.15, 0.2) is 5.15 Å². The number of nitrogens with two attached hydrogens (primary N) is 1. The number of hydrogen-bond acceptors (Lipinski definition) is 4. The lowest BCUT2D eigenvalue weighted by Gasteiger charge is -2.03. The van der Waals surface area contributed by atoms with E-state index in [2.05, 4.69) is 9.97 Å². The molecular weight excluding hydrogens is 202 g/mol. The molecule has 0 aliphatic rings. The number of benzene rings is 1. The van der Waals surface area contributed by atoms with E-state index in [0.717, 1.165) is 0 Å². The maximum absolute atomic E-state index is 5.81. The molecule has 0 atom stereocenters. The highest BCUT2D eigenvalue weighted by atomic mass is 35.5. The molecule has 2 rings (SSSR count). The molecule has 0 bridgehead atoms. The third-order valence-corrected chi connectivity index (χ3v) is 2.06. The van der Waals surface area contributed by atoms with Crippen molar-refractivity contribution in [2.75, 3.05) is 12.8 Å². The third kappa shape index (κ3) is 1.44. The molecule has 1 aromatic heterocycles. The lowest BCUT2D eigenvalue weighted by molar-refractivity contribution is 0.398. The van der Waals surface area contributed by atoms with Gasteiger partial charge in [-0.05, 0) is 18.2 Å². The molecule has 0 saturated heterocycles. The number of anilines is 1. The first-order chi connectivity index (χ1) is 6.70. The summed E-state index contributed by atoms with van der Waals surface area (Å²) in [7, 11) is 1.49. The predicted octanol–water partition coefficient (Wildman–Crippen LogP) is 1.87. The first kappa shape index (κ1) is 9.02. The maximum atomic E-state index is 5.81. The Balaban J connectivity index is 2.73. The standard InChI is InChI=1S/C9H8ClN3O/c1-14-9-8(10)12-6-3-2-5(11)4-7(6)13-9/h2-4H,11H2,1H3. The van der Waals surface area contributed by atoms with E-state index in [-0.39, 0.29) is 5.15 Å². The molecule has 72 valence electrons. The number of hydrogen-bond donors (Lipinski definition) is 1. The van der Waals surface area contributed by atoms with Gasteiger partial charge in [0.2, 0.25) is 0 Å². The molecule has 5 heteroatoms. The topological polar surface area (TPSA) is 61.0 Å². The van der Waals surface area contributed by atoms with E-state index in [1.807, 2.05) is 0 Å². The predicted molar refractivity (Wildman–Crippen MR) is 55.5 cm³/mol. The second kappa shape index (κ2) is 3.31. The monoisotopic (exact) mass is 209 g/mol. The Morgan fingerprint density at radius 3 is 2.79 bits per heavy atom. The molecule has 2 aromatic rings. The van der Waals surface area contributed by atoms with Gasteiger partial charge in [-0.2, -0.15) is 0 Å². The van der Waals surface area contributed by atoms with Crippen LogP contribution in [-0.4, -0.2) is 17.1 Å². The van der Waals surface area contributed by atoms with Gasteiger partial charge in [0, 0.05) is 5.69 Å². The van der Waals surface area contributed by atoms with Crippen LogP contribution in [0.5, 0.6) is 5.88 Å². The summed E-state index contributed by atoms with van der Waals surface area (Å²) in [5, 5.41) is 0.254. The molecule has 0 saturated carbocycles. The molecule has 4 nitrogen and oxygen atoms in total. The number of nitrogen functional groups attached to an aromatic ring is 1. The summed E-state index contributed by atoms with van der Waals surface area (Å²) in [6.45, 7) is 0. The average Bonchev–Trinajstić information content (AvgIpc) is 2.17. The molecule has 2 N–H and O–H groups in total. The number of nitrogens with zero attached hydrogens (tertiary/aromatic N) is 2. The number of rotatable bonds is 1. The fraction of sp³-hybridized carbons (Fsp3) is 0.111. The number of methoxy groups -OCH3 is 1. The van der Waals surface area contributed by atoms with E-state index in [0.29, 0.717) is 22.6 Å². The Labute approximate surface area is 85.7 Å². The van der Waals surface area contributed by atoms with Crippen LogP contribution >= 0.6 is 11.6 Å². The molecule has 0 aliphatic carbocycles. The zero-order valence-electron chi connectivity index (χ0n) is 7.49. The average molecular weight is 210 g/mol. The normalized spacial score (nSPS) is 10.4. The van der Waals surface area contributed by atoms with Crippen LogP contribution in [-0.2, 0) is 0 Å². The molecule has 0 aliphatic heterocycles. The van der Waals surface area contributed by atoms with Gasteiger partial charge in [-0.1, -0.05) is 11.6 Å². The van der Waals surface area contributed by atoms with E-state index in [9.17, 15) is 0 Å². The molecule has 14 heavy (non-hydrogen) atoms. The minimum atomic E-state index is 0.254. The van der Waals surface area contributed by atoms with E-state index in [1.54, 1.807) is 18.2 Å². The zero-order valence-corrected chi connectivity index (χ0v) is 8.25. The van der Waals surface area contributed by atoms with Crippen LogP contribution in [0.25, 0.3) is 11.0 Å². The number of fused-ring (bicyclic) bond motifs is 1. The third-order valence-electron chi connectivity index (χ3n) is 1.81. The second-order valence-electron chi connectivity index (χ2n) is 2.77. The molecule has 1 aromatic carbocycles. The fourth-order valence-electron chi connectivity index (χ4n) is 1.16. The molecule has 0 spiro atoms. The van der Waals surface area contributed by atoms with E-state index < -0.39 is 0 Å². The minimum Gasteiger partial charge on any atom is -0.479 e. The quantitative estimate of drug-likeness (QED) is 0.729. The van der Waals surface area contributed by atoms with Gasteiger partial charge < -0.3 is 10.5 Å². The molecule has 0 unspecified atom stereocenters. The molecule has 1 heterocycles. The van der Waals surface area contributed by atoms with Crippen LogP contribution in [0.1, 0.15) is 0 Å². The van der Waals surface area contributed by atoms with Crippen molar-refractivity contribution in [3.05, 3.63) is 23.4 Å². The molecule has 0 amide bonds. The summed E-state index contributed by atoms with van der Waals surface area (Å²) in [5.74, 6) is 0.310. The van der Waals surface area contributed by atoms with Gasteiger partial charge in [0.1, 0.15) is 0 Å². The summed E-state index contributed by atoms with van der Waals surface area (Å²) in [4.78, 5) is 8.27. The van der Waals surface area contributed by atoms with Crippen molar-refractivity contribution in [3.8, 4) is 5.88 Å². The van der Waals surface area contributed by atoms with Gasteiger partial charge in [0.25, 0.3) is 5.88 Å². The summed E-state index contributed by atoms with van der Waals surface area (Å²) >= 11 is 5.81. The largest absolute Gasteiger partial charge is 0.479 e. The highest BCUT2D eigenvalue weighted by Crippen LogP contribution is 2.23. The van der Waals surface area contributed by atoms with Gasteiger partial charge in [-0.25, -0.2) is 9.97 Å². The van der Waals surface area contributed by atoms with Crippen LogP contribution < -0.4 is 10.5 Å². The SMILES string of the molecule is COc1nc2cc(N)ccc2nc1Cl. The maximum Gasteiger partial charge on any atom is 0.252 e. The Morgan fingerprint density at radius 1 is 1.29 bits per heavy atom. The van der Waals surface area contributed by atoms with Gasteiger partial charge in [0.05, 0.1) is 18.1 Å². The Morgan fingerprint density at radius 2 is 2.07 bits per heavy atom. The van der Waals surface area contributed by atoms with Crippen LogP contribution in [0, 0.1) is 0 Å². The van der Waals surface area contributed by atoms with Crippen molar-refractivity contribution in [1.29, 1.82) is 0 Å². The number of aromatic nitrogens is 2. The van der Waals surface area contributed by atoms with Crippen molar-refractivity contribution in [1.82, 2.24) is 9.97 Å². The van der Waals surface area contributed by atoms with Gasteiger partial charge >= 0.3 is 0 Å². The number of halogens is 1. The first-order valence-electron chi connectivity index (χ1n) is 3.97. The van der Waals surface area contributed by atoms with Crippen molar-refractivity contribution in [2.24, 2.45) is 0 Å². The molecule has 0 fully saturated rings. The summed E-state index contributed by atoms with van der Waals surface area (Å²) in [6, 6.07) is 5.24. The second-order valence-corrected chi connectivity index (χ2v) is 3.13. The van der Waals surface area contributed by atoms with Gasteiger partial charge in [-0.3, -0.25) is 0 Å². The molecular formula is C9H8ClN3O. The van der Waals surface area contributed by atoms with E-state index in [1.165, 1.54) is 7.11 Å². The van der Waals surface area contributed by atoms with Crippen LogP contribution in [0.2, 0.25) is 5.15 Å². The van der Waals surface area contributed by atoms with Crippen molar-refractivity contribution in [3.63, 3.8) is 0 Å². The summed E-state index contributed by atoms with van der Waals surface area (Å²) < 4.78 is 4.95. The first-order valence-corrected chi connectivity index (χ1v) is 4.35. The Bertz CT molecular complexity index is 487. The van der Waals surface area contributed by atoms with Gasteiger partial charge in [-0.15, -0.1) is 0 Å². The van der Waals surface area contributed by atoms with Crippen LogP contribution in [0.3, 0.4) is 0 Å². The van der Waals surface area contributed by atoms with Crippen molar-refractivity contribution < 1.29 is 4.74 Å². The van der Waals surface area contributed by atoms with Crippen LogP contribution in [0.15, 0.2) is 18.2 Å². The highest BCUT2D eigenvalue weighted by Gasteiger charge is 2.06. The van der Waals surface area contributed by atoms with Crippen molar-refractivity contribution >= 4 is 28.3 Å². The summed E-state index contributed by atoms with van der Waals surface area (Å²) in [6.07, 6.45) is 0. The van der Waals surface area contributed by atoms with E-state index in [4.69, 9.17) is 22.1 Å². The minimum absolute atomic E-state index is 0.254. The highest BCUT2D eigenvalue weighted by molar-refractivity contribution is 6.31. The Hall–Kier alpha value is -1.55. The zero-order chi connectivity index (χ0) is 10.1. The smallest absolute Gasteiger partial charge is 0.252 e. The van der Waals surface area contributed by atoms with E-state index >= 15 is 0 Å². The lowest BCUT2D eigenvalue weighted by Crippen LogP contribution is -1.94. The van der Waals surface area contributed by atoms with Crippen molar-refractivity contribution in [2.45, 2.75) is 0 Å². The molecule has 0 radical (unpaired) electrons. The Kier molecular flexibility index (Phi) is 2.13. The van der Waals surface area contributed by atoms with Crippen LogP contribution in [0.4, 0.5) is 5.69 Å². The summed E-state index contributed by atoms with van der Waals surface area (Å²) in [5.41, 5.74) is 7.62. The fourth-order valence-corrected chi connectivity index (χ4v) is 1.37. The number of ether oxygens (including phenoxy) is 1. The lowest BCUT2D eigenvalue weighted by atomic mass is 10.3.